The van der Waals surface area contributed by atoms with Crippen molar-refractivity contribution in [3.63, 3.8) is 0 Å². The molecule has 6 heteroatoms. The van der Waals surface area contributed by atoms with E-state index in [0.717, 1.165) is 0 Å². The van der Waals surface area contributed by atoms with E-state index in [4.69, 9.17) is 4.74 Å². The Labute approximate surface area is 128 Å². The number of hydrogen-bond acceptors (Lipinski definition) is 3. The summed E-state index contributed by atoms with van der Waals surface area (Å²) in [6.45, 7) is 0.920. The van der Waals surface area contributed by atoms with Crippen molar-refractivity contribution in [2.75, 3.05) is 19.6 Å². The van der Waals surface area contributed by atoms with Gasteiger partial charge in [-0.05, 0) is 18.6 Å². The van der Waals surface area contributed by atoms with E-state index in [1.807, 2.05) is 6.07 Å². The van der Waals surface area contributed by atoms with Crippen molar-refractivity contribution >= 4 is 5.91 Å². The standard InChI is InChI=1S/C16H18F2N2O2/c17-15(18)7-4-8-16(12-15,20-10-9-19-14(21)11-20)22-13-5-2-1-3-6-13/h1-3,5-6H,4,7,9-12H2,(H,19,21). The zero-order valence-corrected chi connectivity index (χ0v) is 12.1. The summed E-state index contributed by atoms with van der Waals surface area (Å²) >= 11 is 0. The van der Waals surface area contributed by atoms with Crippen LogP contribution in [0.5, 0.6) is 5.75 Å². The maximum atomic E-state index is 14.0. The van der Waals surface area contributed by atoms with Crippen molar-refractivity contribution in [3.05, 3.63) is 36.8 Å². The van der Waals surface area contributed by atoms with Crippen molar-refractivity contribution in [1.82, 2.24) is 10.2 Å². The SMILES string of the molecule is O=C1CN(C2(Oc3ccccc3)[C]CCC(F)(F)C2)CCN1. The number of ether oxygens (including phenoxy) is 1. The van der Waals surface area contributed by atoms with Gasteiger partial charge >= 0.3 is 0 Å². The van der Waals surface area contributed by atoms with E-state index in [1.54, 1.807) is 29.2 Å². The molecule has 1 aliphatic carbocycles. The van der Waals surface area contributed by atoms with Crippen LogP contribution in [0.15, 0.2) is 30.3 Å². The molecule has 4 nitrogen and oxygen atoms in total. The monoisotopic (exact) mass is 308 g/mol. The van der Waals surface area contributed by atoms with E-state index in [-0.39, 0.29) is 25.3 Å². The molecule has 1 saturated heterocycles. The van der Waals surface area contributed by atoms with E-state index in [0.29, 0.717) is 18.8 Å². The number of carbonyl (C=O) groups excluding carboxylic acids is 1. The first-order chi connectivity index (χ1) is 10.5. The Balaban J connectivity index is 1.89. The number of nitrogens with zero attached hydrogens (tertiary/aromatic N) is 1. The van der Waals surface area contributed by atoms with Gasteiger partial charge in [0.25, 0.3) is 5.92 Å². The van der Waals surface area contributed by atoms with Crippen LogP contribution >= 0.6 is 0 Å². The number of amides is 1. The van der Waals surface area contributed by atoms with Gasteiger partial charge in [0.1, 0.15) is 5.75 Å². The molecule has 1 N–H and O–H groups in total. The largest absolute Gasteiger partial charge is 0.472 e. The molecule has 2 radical (unpaired) electrons. The number of alkyl halides is 2. The van der Waals surface area contributed by atoms with Gasteiger partial charge in [0, 0.05) is 25.9 Å². The quantitative estimate of drug-likeness (QED) is 0.930. The fourth-order valence-electron chi connectivity index (χ4n) is 2.93. The molecule has 0 aromatic heterocycles. The molecule has 3 rings (SSSR count). The van der Waals surface area contributed by atoms with E-state index in [9.17, 15) is 13.6 Å². The van der Waals surface area contributed by atoms with Crippen LogP contribution in [0.2, 0.25) is 0 Å². The molecule has 2 aliphatic rings. The molecule has 0 spiro atoms. The van der Waals surface area contributed by atoms with Crippen molar-refractivity contribution in [2.24, 2.45) is 0 Å². The van der Waals surface area contributed by atoms with Gasteiger partial charge in [-0.25, -0.2) is 8.78 Å². The minimum Gasteiger partial charge on any atom is -0.472 e. The number of piperazine rings is 1. The number of rotatable bonds is 3. The Bertz CT molecular complexity index is 538. The van der Waals surface area contributed by atoms with Crippen LogP contribution in [-0.2, 0) is 4.79 Å². The maximum absolute atomic E-state index is 14.0. The second-order valence-electron chi connectivity index (χ2n) is 5.68. The number of halogens is 2. The van der Waals surface area contributed by atoms with Gasteiger partial charge < -0.3 is 10.1 Å². The van der Waals surface area contributed by atoms with Gasteiger partial charge in [-0.15, -0.1) is 0 Å². The van der Waals surface area contributed by atoms with Crippen LogP contribution in [0.1, 0.15) is 19.3 Å². The first-order valence-electron chi connectivity index (χ1n) is 7.38. The lowest BCUT2D eigenvalue weighted by Gasteiger charge is -2.48. The van der Waals surface area contributed by atoms with Crippen molar-refractivity contribution < 1.29 is 18.3 Å². The van der Waals surface area contributed by atoms with E-state index < -0.39 is 18.1 Å². The highest BCUT2D eigenvalue weighted by molar-refractivity contribution is 5.78. The zero-order chi connectivity index (χ0) is 15.6. The summed E-state index contributed by atoms with van der Waals surface area (Å²) < 4.78 is 33.9. The molecular weight excluding hydrogens is 290 g/mol. The van der Waals surface area contributed by atoms with E-state index in [2.05, 4.69) is 11.7 Å². The zero-order valence-electron chi connectivity index (χ0n) is 12.1. The normalized spacial score (nSPS) is 28.9. The average molecular weight is 308 g/mol. The summed E-state index contributed by atoms with van der Waals surface area (Å²) in [6, 6.07) is 8.84. The van der Waals surface area contributed by atoms with Crippen LogP contribution in [0.25, 0.3) is 0 Å². The molecular formula is C16H18F2N2O2. The van der Waals surface area contributed by atoms with Gasteiger partial charge in [-0.2, -0.15) is 0 Å². The van der Waals surface area contributed by atoms with E-state index >= 15 is 0 Å². The molecule has 1 aliphatic heterocycles. The molecule has 2 fully saturated rings. The summed E-state index contributed by atoms with van der Waals surface area (Å²) in [5.74, 6) is -2.51. The molecule has 0 bridgehead atoms. The second kappa shape index (κ2) is 5.83. The number of nitrogens with one attached hydrogen (secondary N) is 1. The van der Waals surface area contributed by atoms with Crippen LogP contribution in [0, 0.1) is 6.42 Å². The van der Waals surface area contributed by atoms with Crippen molar-refractivity contribution in [1.29, 1.82) is 0 Å². The van der Waals surface area contributed by atoms with Crippen LogP contribution in [0.4, 0.5) is 8.78 Å². The predicted molar refractivity (Wildman–Crippen MR) is 76.4 cm³/mol. The minimum absolute atomic E-state index is 0.0376. The Morgan fingerprint density at radius 3 is 2.73 bits per heavy atom. The lowest BCUT2D eigenvalue weighted by molar-refractivity contribution is -0.164. The fourth-order valence-corrected chi connectivity index (χ4v) is 2.93. The Kier molecular flexibility index (Phi) is 4.04. The topological polar surface area (TPSA) is 41.6 Å². The molecule has 1 aromatic carbocycles. The van der Waals surface area contributed by atoms with Crippen LogP contribution in [0.3, 0.4) is 0 Å². The van der Waals surface area contributed by atoms with Gasteiger partial charge in [0.2, 0.25) is 5.91 Å². The average Bonchev–Trinajstić information content (AvgIpc) is 2.47. The Hall–Kier alpha value is -1.69. The number of benzene rings is 1. The predicted octanol–water partition coefficient (Wildman–Crippen LogP) is 2.09. The van der Waals surface area contributed by atoms with Crippen molar-refractivity contribution in [2.45, 2.75) is 30.9 Å². The van der Waals surface area contributed by atoms with Crippen LogP contribution < -0.4 is 10.1 Å². The van der Waals surface area contributed by atoms with Crippen molar-refractivity contribution in [3.8, 4) is 5.75 Å². The van der Waals surface area contributed by atoms with Gasteiger partial charge in [0.15, 0.2) is 5.72 Å². The Morgan fingerprint density at radius 1 is 1.27 bits per heavy atom. The smallest absolute Gasteiger partial charge is 0.253 e. The summed E-state index contributed by atoms with van der Waals surface area (Å²) in [4.78, 5) is 13.3. The molecule has 1 heterocycles. The number of hydrogen-bond donors (Lipinski definition) is 1. The third-order valence-electron chi connectivity index (χ3n) is 3.97. The fraction of sp³-hybridized carbons (Fsp3) is 0.500. The van der Waals surface area contributed by atoms with Gasteiger partial charge in [-0.3, -0.25) is 9.69 Å². The summed E-state index contributed by atoms with van der Waals surface area (Å²) in [5, 5.41) is 2.70. The molecule has 1 aromatic rings. The van der Waals surface area contributed by atoms with Gasteiger partial charge in [0.05, 0.1) is 13.0 Å². The van der Waals surface area contributed by atoms with Crippen LogP contribution in [-0.4, -0.2) is 42.1 Å². The third kappa shape index (κ3) is 3.21. The lowest BCUT2D eigenvalue weighted by Crippen LogP contribution is -2.64. The highest BCUT2D eigenvalue weighted by Gasteiger charge is 2.52. The highest BCUT2D eigenvalue weighted by atomic mass is 19.3. The second-order valence-corrected chi connectivity index (χ2v) is 5.68. The first kappa shape index (κ1) is 15.2. The van der Waals surface area contributed by atoms with E-state index in [1.165, 1.54) is 0 Å². The Morgan fingerprint density at radius 2 is 2.05 bits per heavy atom. The lowest BCUT2D eigenvalue weighted by atomic mass is 9.86. The molecule has 1 saturated carbocycles. The summed E-state index contributed by atoms with van der Waals surface area (Å²) in [7, 11) is 0. The summed E-state index contributed by atoms with van der Waals surface area (Å²) in [5.41, 5.74) is -1.36. The maximum Gasteiger partial charge on any atom is 0.253 e. The molecule has 1 amide bonds. The third-order valence-corrected chi connectivity index (χ3v) is 3.97. The molecule has 118 valence electrons. The summed E-state index contributed by atoms with van der Waals surface area (Å²) in [6.07, 6.45) is 2.49. The number of carbonyl (C=O) groups is 1. The molecule has 1 atom stereocenters. The molecule has 1 unspecified atom stereocenters. The number of para-hydroxylation sites is 1. The highest BCUT2D eigenvalue weighted by Crippen LogP contribution is 2.43. The first-order valence-corrected chi connectivity index (χ1v) is 7.38. The molecule has 22 heavy (non-hydrogen) atoms. The minimum atomic E-state index is -2.83. The van der Waals surface area contributed by atoms with Gasteiger partial charge in [-0.1, -0.05) is 18.2 Å².